The number of carbonyl (C=O) groups excluding carboxylic acids is 2. The Morgan fingerprint density at radius 1 is 1.25 bits per heavy atom. The summed E-state index contributed by atoms with van der Waals surface area (Å²) < 4.78 is 41.3. The number of hydrogen-bond donors (Lipinski definition) is 0. The van der Waals surface area contributed by atoms with Crippen LogP contribution in [0.2, 0.25) is 0 Å². The monoisotopic (exact) mass is 288 g/mol. The van der Waals surface area contributed by atoms with Gasteiger partial charge in [0, 0.05) is 5.56 Å². The maximum atomic E-state index is 13.8. The van der Waals surface area contributed by atoms with Crippen LogP contribution in [0.5, 0.6) is 5.75 Å². The van der Waals surface area contributed by atoms with E-state index in [2.05, 4.69) is 9.47 Å². The minimum absolute atomic E-state index is 0.0154. The fourth-order valence-corrected chi connectivity index (χ4v) is 1.50. The maximum Gasteiger partial charge on any atom is 0.381 e. The molecule has 0 aliphatic carbocycles. The molecule has 0 aliphatic rings. The van der Waals surface area contributed by atoms with Crippen LogP contribution in [0.25, 0.3) is 0 Å². The lowest BCUT2D eigenvalue weighted by molar-refractivity contribution is -0.173. The summed E-state index contributed by atoms with van der Waals surface area (Å²) in [5, 5.41) is 0. The number of halogens is 2. The van der Waals surface area contributed by atoms with Gasteiger partial charge in [-0.3, -0.25) is 0 Å². The van der Waals surface area contributed by atoms with Gasteiger partial charge < -0.3 is 14.2 Å². The number of rotatable bonds is 5. The summed E-state index contributed by atoms with van der Waals surface area (Å²) in [5.74, 6) is -6.32. The molecule has 0 spiro atoms. The molecule has 0 N–H and O–H groups in total. The molecule has 7 heteroatoms. The van der Waals surface area contributed by atoms with Crippen molar-refractivity contribution in [3.8, 4) is 5.75 Å². The first-order valence-electron chi connectivity index (χ1n) is 5.70. The molecule has 0 amide bonds. The van der Waals surface area contributed by atoms with Crippen molar-refractivity contribution in [1.29, 1.82) is 0 Å². The third-order valence-electron chi connectivity index (χ3n) is 2.50. The van der Waals surface area contributed by atoms with Gasteiger partial charge in [0.25, 0.3) is 0 Å². The molecule has 0 unspecified atom stereocenters. The zero-order valence-electron chi connectivity index (χ0n) is 11.2. The van der Waals surface area contributed by atoms with Crippen LogP contribution in [0.3, 0.4) is 0 Å². The first-order valence-corrected chi connectivity index (χ1v) is 5.70. The molecule has 0 bridgehead atoms. The van der Waals surface area contributed by atoms with E-state index in [0.29, 0.717) is 0 Å². The van der Waals surface area contributed by atoms with Gasteiger partial charge in [-0.05, 0) is 19.1 Å². The van der Waals surface area contributed by atoms with Gasteiger partial charge in [0.15, 0.2) is 0 Å². The van der Waals surface area contributed by atoms with Gasteiger partial charge in [0.1, 0.15) is 11.3 Å². The highest BCUT2D eigenvalue weighted by Crippen LogP contribution is 2.33. The summed E-state index contributed by atoms with van der Waals surface area (Å²) in [4.78, 5) is 22.6. The molecule has 110 valence electrons. The van der Waals surface area contributed by atoms with Gasteiger partial charge >= 0.3 is 17.9 Å². The van der Waals surface area contributed by atoms with Gasteiger partial charge in [0.2, 0.25) is 0 Å². The molecule has 5 nitrogen and oxygen atoms in total. The third kappa shape index (κ3) is 3.04. The summed E-state index contributed by atoms with van der Waals surface area (Å²) in [7, 11) is 2.37. The Bertz CT molecular complexity index is 513. The van der Waals surface area contributed by atoms with E-state index in [-0.39, 0.29) is 17.9 Å². The number of carbonyl (C=O) groups is 2. The van der Waals surface area contributed by atoms with E-state index in [1.807, 2.05) is 0 Å². The topological polar surface area (TPSA) is 61.8 Å². The zero-order valence-corrected chi connectivity index (χ0v) is 11.2. The van der Waals surface area contributed by atoms with Crippen LogP contribution in [-0.4, -0.2) is 32.8 Å². The van der Waals surface area contributed by atoms with E-state index >= 15 is 0 Å². The fourth-order valence-electron chi connectivity index (χ4n) is 1.50. The second kappa shape index (κ2) is 6.31. The summed E-state index contributed by atoms with van der Waals surface area (Å²) >= 11 is 0. The van der Waals surface area contributed by atoms with Crippen LogP contribution in [0.4, 0.5) is 8.78 Å². The highest BCUT2D eigenvalue weighted by Gasteiger charge is 2.43. The molecule has 1 rings (SSSR count). The quantitative estimate of drug-likeness (QED) is 0.777. The van der Waals surface area contributed by atoms with Gasteiger partial charge in [0.05, 0.1) is 20.8 Å². The second-order valence-corrected chi connectivity index (χ2v) is 3.70. The van der Waals surface area contributed by atoms with Crippen molar-refractivity contribution in [3.63, 3.8) is 0 Å². The predicted octanol–water partition coefficient (Wildman–Crippen LogP) is 2.14. The summed E-state index contributed by atoms with van der Waals surface area (Å²) in [6.07, 6.45) is 0. The van der Waals surface area contributed by atoms with E-state index in [1.54, 1.807) is 0 Å². The maximum absolute atomic E-state index is 13.8. The zero-order chi connectivity index (χ0) is 15.3. The van der Waals surface area contributed by atoms with Crippen molar-refractivity contribution in [2.75, 3.05) is 20.8 Å². The molecule has 1 aromatic carbocycles. The summed E-state index contributed by atoms with van der Waals surface area (Å²) in [5.41, 5.74) is -0.640. The van der Waals surface area contributed by atoms with E-state index in [1.165, 1.54) is 14.0 Å². The fraction of sp³-hybridized carbons (Fsp3) is 0.385. The highest BCUT2D eigenvalue weighted by atomic mass is 19.3. The van der Waals surface area contributed by atoms with Crippen molar-refractivity contribution in [1.82, 2.24) is 0 Å². The minimum atomic E-state index is -3.82. The van der Waals surface area contributed by atoms with Crippen molar-refractivity contribution >= 4 is 11.9 Å². The van der Waals surface area contributed by atoms with Crippen LogP contribution in [0.1, 0.15) is 22.8 Å². The lowest BCUT2D eigenvalue weighted by Crippen LogP contribution is -2.28. The van der Waals surface area contributed by atoms with Crippen molar-refractivity contribution < 1.29 is 32.6 Å². The van der Waals surface area contributed by atoms with Crippen LogP contribution in [-0.2, 0) is 20.2 Å². The second-order valence-electron chi connectivity index (χ2n) is 3.70. The average molecular weight is 288 g/mol. The molecule has 20 heavy (non-hydrogen) atoms. The summed E-state index contributed by atoms with van der Waals surface area (Å²) in [6, 6.07) is 2.96. The highest BCUT2D eigenvalue weighted by molar-refractivity contribution is 5.93. The number of ether oxygens (including phenoxy) is 3. The van der Waals surface area contributed by atoms with E-state index in [9.17, 15) is 18.4 Å². The van der Waals surface area contributed by atoms with E-state index < -0.39 is 23.4 Å². The number of methoxy groups -OCH3 is 2. The standard InChI is InChI=1S/C13H14F2O5/c1-4-20-12(17)13(14,15)8-5-6-9(11(16)19-3)10(7-8)18-2/h5-7H,4H2,1-3H3. The number of alkyl halides is 2. The molecule has 0 fully saturated rings. The third-order valence-corrected chi connectivity index (χ3v) is 2.50. The average Bonchev–Trinajstić information content (AvgIpc) is 2.45. The number of benzene rings is 1. The number of hydrogen-bond acceptors (Lipinski definition) is 5. The Hall–Kier alpha value is -2.18. The summed E-state index contributed by atoms with van der Waals surface area (Å²) in [6.45, 7) is 1.26. The molecule has 0 saturated carbocycles. The molecule has 0 aliphatic heterocycles. The molecule has 0 radical (unpaired) electrons. The Kier molecular flexibility index (Phi) is 5.01. The predicted molar refractivity (Wildman–Crippen MR) is 64.9 cm³/mol. The van der Waals surface area contributed by atoms with Crippen molar-refractivity contribution in [2.45, 2.75) is 12.8 Å². The largest absolute Gasteiger partial charge is 0.496 e. The lowest BCUT2D eigenvalue weighted by Gasteiger charge is -2.16. The smallest absolute Gasteiger partial charge is 0.381 e. The normalized spacial score (nSPS) is 10.8. The molecule has 0 heterocycles. The van der Waals surface area contributed by atoms with Crippen LogP contribution in [0, 0.1) is 0 Å². The van der Waals surface area contributed by atoms with Crippen LogP contribution in [0.15, 0.2) is 18.2 Å². The molecular formula is C13H14F2O5. The van der Waals surface area contributed by atoms with Gasteiger partial charge in [-0.25, -0.2) is 9.59 Å². The molecule has 1 aromatic rings. The van der Waals surface area contributed by atoms with Crippen molar-refractivity contribution in [2.24, 2.45) is 0 Å². The Morgan fingerprint density at radius 2 is 1.90 bits per heavy atom. The number of esters is 2. The Labute approximate surface area is 114 Å². The van der Waals surface area contributed by atoms with Gasteiger partial charge in [-0.2, -0.15) is 8.78 Å². The Morgan fingerprint density at radius 3 is 2.40 bits per heavy atom. The SMILES string of the molecule is CCOC(=O)C(F)(F)c1ccc(C(=O)OC)c(OC)c1. The van der Waals surface area contributed by atoms with Crippen molar-refractivity contribution in [3.05, 3.63) is 29.3 Å². The first kappa shape index (κ1) is 15.9. The molecule has 0 aromatic heterocycles. The molecule has 0 atom stereocenters. The first-order chi connectivity index (χ1) is 9.38. The lowest BCUT2D eigenvalue weighted by atomic mass is 10.0. The molecular weight excluding hydrogens is 274 g/mol. The van der Waals surface area contributed by atoms with Gasteiger partial charge in [-0.15, -0.1) is 0 Å². The molecule has 0 saturated heterocycles. The van der Waals surface area contributed by atoms with Crippen LogP contribution < -0.4 is 4.74 Å². The van der Waals surface area contributed by atoms with Crippen LogP contribution >= 0.6 is 0 Å². The van der Waals surface area contributed by atoms with E-state index in [4.69, 9.17) is 4.74 Å². The Balaban J connectivity index is 3.21. The minimum Gasteiger partial charge on any atom is -0.496 e. The van der Waals surface area contributed by atoms with E-state index in [0.717, 1.165) is 25.3 Å². The van der Waals surface area contributed by atoms with Gasteiger partial charge in [-0.1, -0.05) is 6.07 Å².